The molecule has 0 N–H and O–H groups in total. The molecule has 3 rings (SSSR count). The summed E-state index contributed by atoms with van der Waals surface area (Å²) >= 11 is 0. The van der Waals surface area contributed by atoms with E-state index < -0.39 is 0 Å². The smallest absolute Gasteiger partial charge is 0.0152 e. The Hall–Kier alpha value is -2.34. The SMILES string of the molecule is CCc1ccc(-c2ccc(-c3ccc(C)cc3)cc2)c(CC)c1. The minimum Gasteiger partial charge on any atom is -0.0613 e. The van der Waals surface area contributed by atoms with Gasteiger partial charge in [0.1, 0.15) is 0 Å². The van der Waals surface area contributed by atoms with Crippen LogP contribution in [0, 0.1) is 6.92 Å². The lowest BCUT2D eigenvalue weighted by atomic mass is 9.94. The van der Waals surface area contributed by atoms with Crippen LogP contribution >= 0.6 is 0 Å². The van der Waals surface area contributed by atoms with E-state index in [-0.39, 0.29) is 0 Å². The normalized spacial score (nSPS) is 10.7. The highest BCUT2D eigenvalue weighted by Crippen LogP contribution is 2.28. The Kier molecular flexibility index (Phi) is 4.62. The molecule has 3 aromatic carbocycles. The maximum atomic E-state index is 2.35. The third-order valence-corrected chi connectivity index (χ3v) is 4.54. The summed E-state index contributed by atoms with van der Waals surface area (Å²) in [7, 11) is 0. The first kappa shape index (κ1) is 15.6. The molecule has 0 aliphatic heterocycles. The van der Waals surface area contributed by atoms with E-state index in [2.05, 4.69) is 87.5 Å². The van der Waals surface area contributed by atoms with Gasteiger partial charge in [0.05, 0.1) is 0 Å². The average Bonchev–Trinajstić information content (AvgIpc) is 2.62. The maximum absolute atomic E-state index is 2.35. The second-order valence-electron chi connectivity index (χ2n) is 6.14. The van der Waals surface area contributed by atoms with Crippen molar-refractivity contribution in [3.8, 4) is 22.3 Å². The largest absolute Gasteiger partial charge is 0.0613 e. The number of aryl methyl sites for hydroxylation is 3. The third-order valence-electron chi connectivity index (χ3n) is 4.54. The number of rotatable bonds is 4. The first-order valence-corrected chi connectivity index (χ1v) is 8.50. The van der Waals surface area contributed by atoms with Crippen LogP contribution in [0.25, 0.3) is 22.3 Å². The summed E-state index contributed by atoms with van der Waals surface area (Å²) < 4.78 is 0. The van der Waals surface area contributed by atoms with Crippen molar-refractivity contribution in [2.24, 2.45) is 0 Å². The van der Waals surface area contributed by atoms with Crippen molar-refractivity contribution in [1.82, 2.24) is 0 Å². The van der Waals surface area contributed by atoms with E-state index >= 15 is 0 Å². The molecule has 0 spiro atoms. The van der Waals surface area contributed by atoms with Crippen molar-refractivity contribution < 1.29 is 0 Å². The van der Waals surface area contributed by atoms with Gasteiger partial charge in [0.15, 0.2) is 0 Å². The van der Waals surface area contributed by atoms with Gasteiger partial charge in [-0.1, -0.05) is 86.1 Å². The molecule has 3 aromatic rings. The molecule has 116 valence electrons. The van der Waals surface area contributed by atoms with Gasteiger partial charge in [0.2, 0.25) is 0 Å². The summed E-state index contributed by atoms with van der Waals surface area (Å²) in [5.74, 6) is 0. The summed E-state index contributed by atoms with van der Waals surface area (Å²) in [6.07, 6.45) is 2.17. The highest BCUT2D eigenvalue weighted by atomic mass is 14.1. The predicted octanol–water partition coefficient (Wildman–Crippen LogP) is 6.45. The van der Waals surface area contributed by atoms with Gasteiger partial charge in [-0.2, -0.15) is 0 Å². The van der Waals surface area contributed by atoms with E-state index in [1.165, 1.54) is 38.9 Å². The lowest BCUT2D eigenvalue weighted by Gasteiger charge is -2.11. The van der Waals surface area contributed by atoms with Gasteiger partial charge in [-0.15, -0.1) is 0 Å². The van der Waals surface area contributed by atoms with E-state index in [9.17, 15) is 0 Å². The molecule has 0 unspecified atom stereocenters. The lowest BCUT2D eigenvalue weighted by molar-refractivity contribution is 1.09. The van der Waals surface area contributed by atoms with E-state index in [0.717, 1.165) is 12.8 Å². The number of hydrogen-bond acceptors (Lipinski definition) is 0. The summed E-state index contributed by atoms with van der Waals surface area (Å²) in [6.45, 7) is 6.57. The Balaban J connectivity index is 1.94. The van der Waals surface area contributed by atoms with Crippen LogP contribution < -0.4 is 0 Å². The first-order chi connectivity index (χ1) is 11.2. The molecule has 0 saturated heterocycles. The number of hydrogen-bond donors (Lipinski definition) is 0. The van der Waals surface area contributed by atoms with Gasteiger partial charge in [0, 0.05) is 0 Å². The molecular weight excluding hydrogens is 276 g/mol. The Morgan fingerprint density at radius 2 is 1.17 bits per heavy atom. The molecule has 0 heterocycles. The van der Waals surface area contributed by atoms with Crippen LogP contribution in [0.5, 0.6) is 0 Å². The Morgan fingerprint density at radius 1 is 0.609 bits per heavy atom. The van der Waals surface area contributed by atoms with Gasteiger partial charge < -0.3 is 0 Å². The average molecular weight is 300 g/mol. The summed E-state index contributed by atoms with van der Waals surface area (Å²) in [4.78, 5) is 0. The van der Waals surface area contributed by atoms with Crippen LogP contribution in [0.1, 0.15) is 30.5 Å². The highest BCUT2D eigenvalue weighted by Gasteiger charge is 2.05. The van der Waals surface area contributed by atoms with Gasteiger partial charge >= 0.3 is 0 Å². The summed E-state index contributed by atoms with van der Waals surface area (Å²) in [6, 6.07) is 24.6. The van der Waals surface area contributed by atoms with E-state index in [0.29, 0.717) is 0 Å². The molecule has 0 aromatic heterocycles. The van der Waals surface area contributed by atoms with Crippen LogP contribution in [-0.4, -0.2) is 0 Å². The maximum Gasteiger partial charge on any atom is -0.0152 e. The summed E-state index contributed by atoms with van der Waals surface area (Å²) in [5.41, 5.74) is 9.37. The van der Waals surface area contributed by atoms with E-state index in [1.54, 1.807) is 0 Å². The van der Waals surface area contributed by atoms with Gasteiger partial charge in [-0.25, -0.2) is 0 Å². The molecule has 0 bridgehead atoms. The molecule has 0 saturated carbocycles. The molecule has 0 fully saturated rings. The molecule has 0 amide bonds. The molecule has 0 radical (unpaired) electrons. The predicted molar refractivity (Wildman–Crippen MR) is 101 cm³/mol. The van der Waals surface area contributed by atoms with Crippen LogP contribution in [0.2, 0.25) is 0 Å². The quantitative estimate of drug-likeness (QED) is 0.519. The zero-order chi connectivity index (χ0) is 16.2. The minimum absolute atomic E-state index is 1.07. The molecule has 23 heavy (non-hydrogen) atoms. The molecule has 0 nitrogen and oxygen atoms in total. The standard InChI is InChI=1S/C23H24/c1-4-18-8-15-23(19(5-2)16-18)22-13-11-21(12-14-22)20-9-6-17(3)7-10-20/h6-16H,4-5H2,1-3H3. The van der Waals surface area contributed by atoms with Crippen LogP contribution in [0.4, 0.5) is 0 Å². The highest BCUT2D eigenvalue weighted by molar-refractivity contribution is 5.72. The van der Waals surface area contributed by atoms with Crippen molar-refractivity contribution in [3.05, 3.63) is 83.4 Å². The van der Waals surface area contributed by atoms with Crippen LogP contribution in [0.3, 0.4) is 0 Å². The van der Waals surface area contributed by atoms with Crippen molar-refractivity contribution in [2.45, 2.75) is 33.6 Å². The molecular formula is C23H24. The first-order valence-electron chi connectivity index (χ1n) is 8.50. The van der Waals surface area contributed by atoms with Gasteiger partial charge in [-0.3, -0.25) is 0 Å². The molecule has 0 aliphatic carbocycles. The zero-order valence-electron chi connectivity index (χ0n) is 14.3. The second-order valence-corrected chi connectivity index (χ2v) is 6.14. The van der Waals surface area contributed by atoms with Crippen molar-refractivity contribution in [2.75, 3.05) is 0 Å². The molecule has 0 heteroatoms. The van der Waals surface area contributed by atoms with Crippen molar-refractivity contribution in [1.29, 1.82) is 0 Å². The Labute approximate surface area is 139 Å². The fourth-order valence-electron chi connectivity index (χ4n) is 3.03. The van der Waals surface area contributed by atoms with E-state index in [4.69, 9.17) is 0 Å². The van der Waals surface area contributed by atoms with Crippen LogP contribution in [-0.2, 0) is 12.8 Å². The fraction of sp³-hybridized carbons (Fsp3) is 0.217. The second kappa shape index (κ2) is 6.83. The lowest BCUT2D eigenvalue weighted by Crippen LogP contribution is -1.91. The summed E-state index contributed by atoms with van der Waals surface area (Å²) in [5, 5.41) is 0. The van der Waals surface area contributed by atoms with Gasteiger partial charge in [0.25, 0.3) is 0 Å². The fourth-order valence-corrected chi connectivity index (χ4v) is 3.03. The minimum atomic E-state index is 1.07. The molecule has 0 atom stereocenters. The molecule has 0 aliphatic rings. The Morgan fingerprint density at radius 3 is 1.74 bits per heavy atom. The van der Waals surface area contributed by atoms with E-state index in [1.807, 2.05) is 0 Å². The third kappa shape index (κ3) is 3.37. The van der Waals surface area contributed by atoms with Crippen molar-refractivity contribution in [3.63, 3.8) is 0 Å². The monoisotopic (exact) mass is 300 g/mol. The van der Waals surface area contributed by atoms with Crippen molar-refractivity contribution >= 4 is 0 Å². The topological polar surface area (TPSA) is 0 Å². The Bertz CT molecular complexity index is 777. The zero-order valence-corrected chi connectivity index (χ0v) is 14.3. The van der Waals surface area contributed by atoms with Gasteiger partial charge in [-0.05, 0) is 53.1 Å². The van der Waals surface area contributed by atoms with Crippen LogP contribution in [0.15, 0.2) is 66.7 Å². The number of benzene rings is 3.